The van der Waals surface area contributed by atoms with Crippen LogP contribution in [0.3, 0.4) is 0 Å². The van der Waals surface area contributed by atoms with Crippen molar-refractivity contribution in [3.8, 4) is 0 Å². The van der Waals surface area contributed by atoms with Crippen LogP contribution in [0, 0.1) is 0 Å². The molecule has 26 heavy (non-hydrogen) atoms. The summed E-state index contributed by atoms with van der Waals surface area (Å²) in [6.45, 7) is -0.595. The highest BCUT2D eigenvalue weighted by atomic mass is 32.2. The Kier molecular flexibility index (Phi) is 7.70. The molecule has 2 aromatic carbocycles. The lowest BCUT2D eigenvalue weighted by Gasteiger charge is -2.16. The number of nitrogens with one attached hydrogen (secondary N) is 2. The van der Waals surface area contributed by atoms with Gasteiger partial charge < -0.3 is 15.4 Å². The summed E-state index contributed by atoms with van der Waals surface area (Å²) >= 11 is 1.35. The van der Waals surface area contributed by atoms with Gasteiger partial charge in [-0.05, 0) is 17.7 Å². The number of amides is 2. The molecule has 0 aliphatic rings. The minimum Gasteiger partial charge on any atom is -0.454 e. The minimum atomic E-state index is -0.592. The molecule has 0 aromatic heterocycles. The van der Waals surface area contributed by atoms with Crippen LogP contribution in [-0.2, 0) is 19.1 Å². The quantitative estimate of drug-likeness (QED) is 0.546. The van der Waals surface area contributed by atoms with E-state index >= 15 is 0 Å². The van der Waals surface area contributed by atoms with E-state index in [9.17, 15) is 14.4 Å². The van der Waals surface area contributed by atoms with Crippen molar-refractivity contribution >= 4 is 29.5 Å². The molecule has 136 valence electrons. The van der Waals surface area contributed by atoms with Crippen molar-refractivity contribution in [3.63, 3.8) is 0 Å². The molecule has 6 nitrogen and oxygen atoms in total. The van der Waals surface area contributed by atoms with E-state index in [1.165, 1.54) is 18.8 Å². The Bertz CT molecular complexity index is 738. The van der Waals surface area contributed by atoms with E-state index in [2.05, 4.69) is 10.6 Å². The van der Waals surface area contributed by atoms with E-state index in [4.69, 9.17) is 4.74 Å². The Balaban J connectivity index is 1.99. The smallest absolute Gasteiger partial charge is 0.324 e. The molecule has 0 unspecified atom stereocenters. The molecule has 2 amide bonds. The van der Waals surface area contributed by atoms with Crippen molar-refractivity contribution in [1.82, 2.24) is 10.6 Å². The zero-order valence-corrected chi connectivity index (χ0v) is 15.1. The second-order valence-electron chi connectivity index (χ2n) is 5.28. The van der Waals surface area contributed by atoms with Crippen LogP contribution in [0.1, 0.15) is 10.8 Å². The zero-order valence-electron chi connectivity index (χ0n) is 14.3. The highest BCUT2D eigenvalue weighted by molar-refractivity contribution is 8.00. The number of esters is 1. The number of carbonyl (C=O) groups excluding carboxylic acids is 3. The highest BCUT2D eigenvalue weighted by Gasteiger charge is 2.24. The fourth-order valence-electron chi connectivity index (χ4n) is 2.05. The lowest BCUT2D eigenvalue weighted by Crippen LogP contribution is -2.37. The molecule has 2 rings (SSSR count). The first-order valence-corrected chi connectivity index (χ1v) is 8.88. The number of rotatable bonds is 8. The molecule has 2 aromatic rings. The lowest BCUT2D eigenvalue weighted by molar-refractivity contribution is -0.148. The van der Waals surface area contributed by atoms with Crippen molar-refractivity contribution in [2.45, 2.75) is 10.1 Å². The fraction of sp³-hybridized carbons (Fsp3) is 0.211. The van der Waals surface area contributed by atoms with Crippen molar-refractivity contribution in [1.29, 1.82) is 0 Å². The van der Waals surface area contributed by atoms with Gasteiger partial charge in [0.1, 0.15) is 5.25 Å². The van der Waals surface area contributed by atoms with Gasteiger partial charge in [-0.2, -0.15) is 0 Å². The molecule has 0 radical (unpaired) electrons. The number of likely N-dealkylation sites (N-methyl/N-ethyl adjacent to an activating group) is 1. The van der Waals surface area contributed by atoms with E-state index in [1.807, 2.05) is 60.7 Å². The lowest BCUT2D eigenvalue weighted by atomic mass is 10.1. The number of hydrogen-bond donors (Lipinski definition) is 2. The second-order valence-corrected chi connectivity index (χ2v) is 6.46. The summed E-state index contributed by atoms with van der Waals surface area (Å²) in [4.78, 5) is 36.3. The predicted molar refractivity (Wildman–Crippen MR) is 99.5 cm³/mol. The van der Waals surface area contributed by atoms with Gasteiger partial charge in [0.05, 0.1) is 6.54 Å². The first-order chi connectivity index (χ1) is 12.6. The Morgan fingerprint density at radius 1 is 0.962 bits per heavy atom. The molecule has 2 N–H and O–H groups in total. The minimum absolute atomic E-state index is 0.159. The van der Waals surface area contributed by atoms with Crippen LogP contribution in [0.2, 0.25) is 0 Å². The molecule has 0 bridgehead atoms. The van der Waals surface area contributed by atoms with Crippen LogP contribution in [0.4, 0.5) is 0 Å². The summed E-state index contributed by atoms with van der Waals surface area (Å²) in [7, 11) is 1.47. The first kappa shape index (κ1) is 19.5. The normalized spacial score (nSPS) is 11.3. The van der Waals surface area contributed by atoms with Gasteiger partial charge in [0.15, 0.2) is 6.61 Å². The second kappa shape index (κ2) is 10.2. The van der Waals surface area contributed by atoms with E-state index in [-0.39, 0.29) is 12.5 Å². The SMILES string of the molecule is CNC(=O)CNC(=O)COC(=O)[C@@H](Sc1ccccc1)c1ccccc1. The van der Waals surface area contributed by atoms with Crippen molar-refractivity contribution in [3.05, 3.63) is 66.2 Å². The molecule has 0 fully saturated rings. The molecule has 0 aliphatic heterocycles. The van der Waals surface area contributed by atoms with Crippen molar-refractivity contribution in [2.24, 2.45) is 0 Å². The summed E-state index contributed by atoms with van der Waals surface area (Å²) in [5, 5.41) is 4.18. The van der Waals surface area contributed by atoms with Crippen LogP contribution in [0.15, 0.2) is 65.6 Å². The van der Waals surface area contributed by atoms with Crippen LogP contribution in [0.5, 0.6) is 0 Å². The van der Waals surface area contributed by atoms with E-state index in [0.717, 1.165) is 10.5 Å². The van der Waals surface area contributed by atoms with Gasteiger partial charge in [-0.15, -0.1) is 11.8 Å². The van der Waals surface area contributed by atoms with E-state index in [1.54, 1.807) is 0 Å². The van der Waals surface area contributed by atoms with Crippen molar-refractivity contribution in [2.75, 3.05) is 20.2 Å². The highest BCUT2D eigenvalue weighted by Crippen LogP contribution is 2.36. The molecule has 7 heteroatoms. The molecular weight excluding hydrogens is 352 g/mol. The Morgan fingerprint density at radius 3 is 2.19 bits per heavy atom. The van der Waals surface area contributed by atoms with Crippen LogP contribution < -0.4 is 10.6 Å². The van der Waals surface area contributed by atoms with Gasteiger partial charge in [-0.25, -0.2) is 0 Å². The molecule has 0 saturated carbocycles. The molecule has 0 spiro atoms. The average molecular weight is 372 g/mol. The van der Waals surface area contributed by atoms with E-state index < -0.39 is 23.7 Å². The summed E-state index contributed by atoms with van der Waals surface area (Å²) in [5.74, 6) is -1.37. The van der Waals surface area contributed by atoms with Gasteiger partial charge in [0.25, 0.3) is 5.91 Å². The van der Waals surface area contributed by atoms with Gasteiger partial charge in [-0.3, -0.25) is 14.4 Å². The summed E-state index contributed by atoms with van der Waals surface area (Å²) in [6, 6.07) is 18.7. The monoisotopic (exact) mass is 372 g/mol. The molecular formula is C19H20N2O4S. The molecule has 1 atom stereocenters. The third-order valence-corrected chi connectivity index (χ3v) is 4.63. The Labute approximate surface area is 156 Å². The topological polar surface area (TPSA) is 84.5 Å². The maximum absolute atomic E-state index is 12.5. The molecule has 0 aliphatic carbocycles. The van der Waals surface area contributed by atoms with Gasteiger partial charge in [0.2, 0.25) is 5.91 Å². The van der Waals surface area contributed by atoms with Gasteiger partial charge in [0, 0.05) is 11.9 Å². The summed E-state index contributed by atoms with van der Waals surface area (Å²) in [6.07, 6.45) is 0. The van der Waals surface area contributed by atoms with Crippen LogP contribution >= 0.6 is 11.8 Å². The van der Waals surface area contributed by atoms with Crippen LogP contribution in [0.25, 0.3) is 0 Å². The van der Waals surface area contributed by atoms with E-state index in [0.29, 0.717) is 0 Å². The van der Waals surface area contributed by atoms with Crippen LogP contribution in [-0.4, -0.2) is 38.0 Å². The summed E-state index contributed by atoms with van der Waals surface area (Å²) < 4.78 is 5.16. The standard InChI is InChI=1S/C19H20N2O4S/c1-20-16(22)12-21-17(23)13-25-19(24)18(14-8-4-2-5-9-14)26-15-10-6-3-7-11-15/h2-11,18H,12-13H2,1H3,(H,20,22)(H,21,23)/t18-/m0/s1. The number of thioether (sulfide) groups is 1. The van der Waals surface area contributed by atoms with Gasteiger partial charge >= 0.3 is 5.97 Å². The molecule has 0 heterocycles. The Hall–Kier alpha value is -2.80. The zero-order chi connectivity index (χ0) is 18.8. The number of hydrogen-bond acceptors (Lipinski definition) is 5. The summed E-state index contributed by atoms with van der Waals surface area (Å²) in [5.41, 5.74) is 0.789. The maximum atomic E-state index is 12.5. The van der Waals surface area contributed by atoms with Gasteiger partial charge in [-0.1, -0.05) is 48.5 Å². The van der Waals surface area contributed by atoms with Crippen molar-refractivity contribution < 1.29 is 19.1 Å². The predicted octanol–water partition coefficient (Wildman–Crippen LogP) is 1.93. The largest absolute Gasteiger partial charge is 0.454 e. The number of ether oxygens (including phenoxy) is 1. The molecule has 0 saturated heterocycles. The number of carbonyl (C=O) groups is 3. The third kappa shape index (κ3) is 6.25. The average Bonchev–Trinajstić information content (AvgIpc) is 2.69. The fourth-order valence-corrected chi connectivity index (χ4v) is 3.09. The Morgan fingerprint density at radius 2 is 1.58 bits per heavy atom. The maximum Gasteiger partial charge on any atom is 0.324 e. The first-order valence-electron chi connectivity index (χ1n) is 8.00. The third-order valence-electron chi connectivity index (χ3n) is 3.38. The number of benzene rings is 2.